The highest BCUT2D eigenvalue weighted by atomic mass is 19.1. The topological polar surface area (TPSA) is 84.9 Å². The number of rotatable bonds is 2. The molecule has 0 saturated heterocycles. The molecule has 0 bridgehead atoms. The summed E-state index contributed by atoms with van der Waals surface area (Å²) in [6.07, 6.45) is 4.44. The van der Waals surface area contributed by atoms with Gasteiger partial charge in [0.15, 0.2) is 0 Å². The van der Waals surface area contributed by atoms with E-state index < -0.39 is 5.82 Å². The van der Waals surface area contributed by atoms with Crippen LogP contribution in [0, 0.1) is 5.82 Å². The highest BCUT2D eigenvalue weighted by Crippen LogP contribution is 2.31. The second-order valence-electron chi connectivity index (χ2n) is 3.65. The predicted molar refractivity (Wildman–Crippen MR) is 62.4 cm³/mol. The molecule has 3 aromatic rings. The van der Waals surface area contributed by atoms with E-state index in [9.17, 15) is 9.50 Å². The highest BCUT2D eigenvalue weighted by molar-refractivity contribution is 5.64. The quantitative estimate of drug-likeness (QED) is 0.757. The number of benzene rings is 1. The molecule has 2 heterocycles. The number of phenols is 1. The fraction of sp³-hybridized carbons (Fsp3) is 0. The zero-order valence-electron chi connectivity index (χ0n) is 9.49. The lowest BCUT2D eigenvalue weighted by Gasteiger charge is -1.99. The molecule has 3 rings (SSSR count). The maximum Gasteiger partial charge on any atom is 0.265 e. The lowest BCUT2D eigenvalue weighted by molar-refractivity contribution is 0.421. The van der Waals surface area contributed by atoms with Crippen LogP contribution in [0.1, 0.15) is 0 Å². The third kappa shape index (κ3) is 2.01. The molecule has 0 saturated carbocycles. The standard InChI is InChI=1S/C12H7FN4O2/c13-7-2-1-3-9(18)10(7)12-16-11(17-19-12)8-6-14-4-5-15-8/h1-6,18H. The third-order valence-corrected chi connectivity index (χ3v) is 2.42. The Kier molecular flexibility index (Phi) is 2.64. The van der Waals surface area contributed by atoms with Gasteiger partial charge in [-0.25, -0.2) is 9.37 Å². The van der Waals surface area contributed by atoms with Crippen LogP contribution in [0.25, 0.3) is 23.0 Å². The molecule has 1 aromatic carbocycles. The minimum absolute atomic E-state index is 0.115. The summed E-state index contributed by atoms with van der Waals surface area (Å²) in [7, 11) is 0. The first-order valence-electron chi connectivity index (χ1n) is 5.33. The summed E-state index contributed by atoms with van der Waals surface area (Å²) in [5, 5.41) is 13.3. The Morgan fingerprint density at radius 2 is 2.11 bits per heavy atom. The highest BCUT2D eigenvalue weighted by Gasteiger charge is 2.18. The molecule has 0 atom stereocenters. The minimum atomic E-state index is -0.644. The van der Waals surface area contributed by atoms with E-state index in [2.05, 4.69) is 20.1 Å². The largest absolute Gasteiger partial charge is 0.507 e. The molecule has 0 spiro atoms. The maximum absolute atomic E-state index is 13.6. The van der Waals surface area contributed by atoms with Gasteiger partial charge in [-0.2, -0.15) is 4.98 Å². The van der Waals surface area contributed by atoms with E-state index in [0.717, 1.165) is 0 Å². The number of halogens is 1. The zero-order valence-corrected chi connectivity index (χ0v) is 9.49. The van der Waals surface area contributed by atoms with Gasteiger partial charge in [-0.05, 0) is 12.1 Å². The molecule has 0 unspecified atom stereocenters. The van der Waals surface area contributed by atoms with Gasteiger partial charge in [-0.3, -0.25) is 4.98 Å². The normalized spacial score (nSPS) is 10.6. The molecule has 19 heavy (non-hydrogen) atoms. The fourth-order valence-corrected chi connectivity index (χ4v) is 1.57. The molecule has 0 aliphatic carbocycles. The minimum Gasteiger partial charge on any atom is -0.507 e. The molecule has 0 aliphatic rings. The van der Waals surface area contributed by atoms with Crippen molar-refractivity contribution in [2.24, 2.45) is 0 Å². The van der Waals surface area contributed by atoms with Crippen LogP contribution in [0.4, 0.5) is 4.39 Å². The Hall–Kier alpha value is -2.83. The van der Waals surface area contributed by atoms with Crippen LogP contribution in [0.3, 0.4) is 0 Å². The average molecular weight is 258 g/mol. The van der Waals surface area contributed by atoms with Gasteiger partial charge in [0.05, 0.1) is 6.20 Å². The summed E-state index contributed by atoms with van der Waals surface area (Å²) >= 11 is 0. The molecule has 0 aliphatic heterocycles. The van der Waals surface area contributed by atoms with Gasteiger partial charge < -0.3 is 9.63 Å². The van der Waals surface area contributed by atoms with Gasteiger partial charge in [0.25, 0.3) is 5.89 Å². The first kappa shape index (κ1) is 11.3. The lowest BCUT2D eigenvalue weighted by atomic mass is 10.2. The van der Waals surface area contributed by atoms with Crippen LogP contribution in [-0.4, -0.2) is 25.2 Å². The predicted octanol–water partition coefficient (Wildman–Crippen LogP) is 2.04. The molecule has 7 heteroatoms. The number of aromatic nitrogens is 4. The van der Waals surface area contributed by atoms with E-state index in [1.54, 1.807) is 0 Å². The van der Waals surface area contributed by atoms with Crippen molar-refractivity contribution in [3.63, 3.8) is 0 Å². The van der Waals surface area contributed by atoms with Crippen molar-refractivity contribution in [2.75, 3.05) is 0 Å². The molecule has 6 nitrogen and oxygen atoms in total. The number of phenolic OH excluding ortho intramolecular Hbond substituents is 1. The van der Waals surface area contributed by atoms with Crippen LogP contribution in [0.15, 0.2) is 41.3 Å². The monoisotopic (exact) mass is 258 g/mol. The van der Waals surface area contributed by atoms with Crippen molar-refractivity contribution < 1.29 is 14.0 Å². The van der Waals surface area contributed by atoms with E-state index >= 15 is 0 Å². The first-order valence-corrected chi connectivity index (χ1v) is 5.33. The number of hydrogen-bond acceptors (Lipinski definition) is 6. The maximum atomic E-state index is 13.6. The molecule has 0 amide bonds. The molecular formula is C12H7FN4O2. The molecule has 1 N–H and O–H groups in total. The van der Waals surface area contributed by atoms with E-state index in [4.69, 9.17) is 4.52 Å². The third-order valence-electron chi connectivity index (χ3n) is 2.42. The fourth-order valence-electron chi connectivity index (χ4n) is 1.57. The van der Waals surface area contributed by atoms with Crippen molar-refractivity contribution in [2.45, 2.75) is 0 Å². The van der Waals surface area contributed by atoms with E-state index in [1.807, 2.05) is 0 Å². The van der Waals surface area contributed by atoms with Gasteiger partial charge in [-0.15, -0.1) is 0 Å². The molecule has 94 valence electrons. The summed E-state index contributed by atoms with van der Waals surface area (Å²) < 4.78 is 18.6. The van der Waals surface area contributed by atoms with Crippen molar-refractivity contribution in [3.8, 4) is 28.7 Å². The van der Waals surface area contributed by atoms with Gasteiger partial charge >= 0.3 is 0 Å². The lowest BCUT2D eigenvalue weighted by Crippen LogP contribution is -1.87. The first-order chi connectivity index (χ1) is 9.25. The Morgan fingerprint density at radius 3 is 2.84 bits per heavy atom. The van der Waals surface area contributed by atoms with Gasteiger partial charge in [0.1, 0.15) is 22.8 Å². The molecule has 0 fully saturated rings. The van der Waals surface area contributed by atoms with Crippen molar-refractivity contribution in [1.29, 1.82) is 0 Å². The summed E-state index contributed by atoms with van der Waals surface area (Å²) in [4.78, 5) is 11.9. The Bertz CT molecular complexity index is 695. The van der Waals surface area contributed by atoms with Crippen LogP contribution in [-0.2, 0) is 0 Å². The Balaban J connectivity index is 2.07. The second kappa shape index (κ2) is 4.45. The summed E-state index contributed by atoms with van der Waals surface area (Å²) in [6, 6.07) is 3.92. The Morgan fingerprint density at radius 1 is 1.21 bits per heavy atom. The van der Waals surface area contributed by atoms with Crippen LogP contribution in [0.5, 0.6) is 5.75 Å². The Labute approximate surface area is 106 Å². The summed E-state index contributed by atoms with van der Waals surface area (Å²) in [5.41, 5.74) is 0.262. The number of nitrogens with zero attached hydrogens (tertiary/aromatic N) is 4. The molecular weight excluding hydrogens is 251 g/mol. The average Bonchev–Trinajstić information content (AvgIpc) is 2.89. The summed E-state index contributed by atoms with van der Waals surface area (Å²) in [6.45, 7) is 0. The summed E-state index contributed by atoms with van der Waals surface area (Å²) in [5.74, 6) is -0.856. The second-order valence-corrected chi connectivity index (χ2v) is 3.65. The van der Waals surface area contributed by atoms with Crippen LogP contribution in [0.2, 0.25) is 0 Å². The SMILES string of the molecule is Oc1cccc(F)c1-c1nc(-c2cnccn2)no1. The van der Waals surface area contributed by atoms with Gasteiger partial charge in [0.2, 0.25) is 5.82 Å². The smallest absolute Gasteiger partial charge is 0.265 e. The molecule has 0 radical (unpaired) electrons. The zero-order chi connectivity index (χ0) is 13.2. The van der Waals surface area contributed by atoms with Crippen LogP contribution < -0.4 is 0 Å². The van der Waals surface area contributed by atoms with Gasteiger partial charge in [-0.1, -0.05) is 11.2 Å². The van der Waals surface area contributed by atoms with Gasteiger partial charge in [0, 0.05) is 12.4 Å². The van der Waals surface area contributed by atoms with Crippen LogP contribution >= 0.6 is 0 Å². The van der Waals surface area contributed by atoms with E-state index in [0.29, 0.717) is 5.69 Å². The van der Waals surface area contributed by atoms with Crippen molar-refractivity contribution in [1.82, 2.24) is 20.1 Å². The number of hydrogen-bond donors (Lipinski definition) is 1. The van der Waals surface area contributed by atoms with E-state index in [1.165, 1.54) is 36.8 Å². The van der Waals surface area contributed by atoms with Crippen molar-refractivity contribution in [3.05, 3.63) is 42.6 Å². The van der Waals surface area contributed by atoms with E-state index in [-0.39, 0.29) is 23.0 Å². The van der Waals surface area contributed by atoms with Crippen molar-refractivity contribution >= 4 is 0 Å². The number of aromatic hydroxyl groups is 1. The molecule has 2 aromatic heterocycles.